The van der Waals surface area contributed by atoms with Crippen molar-refractivity contribution in [1.29, 1.82) is 0 Å². The molecule has 0 saturated carbocycles. The summed E-state index contributed by atoms with van der Waals surface area (Å²) >= 11 is 0. The summed E-state index contributed by atoms with van der Waals surface area (Å²) in [5.74, 6) is 0.195. The summed E-state index contributed by atoms with van der Waals surface area (Å²) < 4.78 is 9.86. The molecule has 1 aliphatic heterocycles. The van der Waals surface area contributed by atoms with Crippen LogP contribution in [0.3, 0.4) is 0 Å². The van der Waals surface area contributed by atoms with E-state index in [1.165, 1.54) is 7.11 Å². The van der Waals surface area contributed by atoms with E-state index in [-0.39, 0.29) is 13.0 Å². The van der Waals surface area contributed by atoms with E-state index in [1.807, 2.05) is 24.3 Å². The van der Waals surface area contributed by atoms with E-state index < -0.39 is 11.6 Å². The van der Waals surface area contributed by atoms with Crippen LogP contribution in [-0.4, -0.2) is 38.0 Å². The lowest BCUT2D eigenvalue weighted by atomic mass is 9.94. The maximum Gasteiger partial charge on any atom is 0.354 e. The quantitative estimate of drug-likeness (QED) is 0.809. The first-order valence-corrected chi connectivity index (χ1v) is 5.83. The Bertz CT molecular complexity index is 515. The topological polar surface area (TPSA) is 83.1 Å². The SMILES string of the molecule is COC(=O)C1(CN)CC(c2cccc(OC)c2)=NO1. The van der Waals surface area contributed by atoms with Gasteiger partial charge in [-0.1, -0.05) is 17.3 Å². The Labute approximate surface area is 111 Å². The van der Waals surface area contributed by atoms with Gasteiger partial charge in [-0.2, -0.15) is 0 Å². The van der Waals surface area contributed by atoms with E-state index in [0.717, 1.165) is 5.56 Å². The molecule has 0 bridgehead atoms. The minimum Gasteiger partial charge on any atom is -0.497 e. The summed E-state index contributed by atoms with van der Waals surface area (Å²) in [5, 5.41) is 3.96. The van der Waals surface area contributed by atoms with Crippen LogP contribution in [0.25, 0.3) is 0 Å². The van der Waals surface area contributed by atoms with Crippen LogP contribution >= 0.6 is 0 Å². The zero-order valence-electron chi connectivity index (χ0n) is 10.9. The van der Waals surface area contributed by atoms with E-state index in [9.17, 15) is 4.79 Å². The van der Waals surface area contributed by atoms with Crippen molar-refractivity contribution in [3.05, 3.63) is 29.8 Å². The molecule has 2 rings (SSSR count). The number of nitrogens with zero attached hydrogens (tertiary/aromatic N) is 1. The van der Waals surface area contributed by atoms with E-state index >= 15 is 0 Å². The summed E-state index contributed by atoms with van der Waals surface area (Å²) in [6, 6.07) is 7.37. The van der Waals surface area contributed by atoms with Crippen molar-refractivity contribution >= 4 is 11.7 Å². The first kappa shape index (κ1) is 13.4. The second kappa shape index (κ2) is 5.27. The number of benzene rings is 1. The Hall–Kier alpha value is -2.08. The zero-order valence-corrected chi connectivity index (χ0v) is 10.9. The lowest BCUT2D eigenvalue weighted by molar-refractivity contribution is -0.165. The highest BCUT2D eigenvalue weighted by atomic mass is 16.7. The van der Waals surface area contributed by atoms with Crippen LogP contribution in [0.15, 0.2) is 29.4 Å². The van der Waals surface area contributed by atoms with Crippen molar-refractivity contribution in [3.8, 4) is 5.75 Å². The second-order valence-electron chi connectivity index (χ2n) is 4.23. The number of hydrogen-bond donors (Lipinski definition) is 1. The molecule has 6 heteroatoms. The third-order valence-corrected chi connectivity index (χ3v) is 3.07. The molecule has 1 atom stereocenters. The number of hydrogen-bond acceptors (Lipinski definition) is 6. The molecule has 0 saturated heterocycles. The van der Waals surface area contributed by atoms with E-state index in [4.69, 9.17) is 20.0 Å². The molecular weight excluding hydrogens is 248 g/mol. The molecule has 0 spiro atoms. The Balaban J connectivity index is 2.23. The summed E-state index contributed by atoms with van der Waals surface area (Å²) in [7, 11) is 2.89. The minimum absolute atomic E-state index is 0.0106. The van der Waals surface area contributed by atoms with Crippen LogP contribution in [0.4, 0.5) is 0 Å². The number of oxime groups is 1. The molecule has 0 aromatic heterocycles. The van der Waals surface area contributed by atoms with Gasteiger partial charge in [-0.05, 0) is 12.1 Å². The maximum atomic E-state index is 11.7. The van der Waals surface area contributed by atoms with Gasteiger partial charge in [0.15, 0.2) is 0 Å². The molecule has 2 N–H and O–H groups in total. The van der Waals surface area contributed by atoms with Crippen LogP contribution in [0.1, 0.15) is 12.0 Å². The highest BCUT2D eigenvalue weighted by molar-refractivity contribution is 6.05. The van der Waals surface area contributed by atoms with Crippen LogP contribution in [-0.2, 0) is 14.4 Å². The van der Waals surface area contributed by atoms with Gasteiger partial charge < -0.3 is 20.0 Å². The molecule has 19 heavy (non-hydrogen) atoms. The predicted molar refractivity (Wildman–Crippen MR) is 69.0 cm³/mol. The fraction of sp³-hybridized carbons (Fsp3) is 0.385. The molecule has 1 heterocycles. The van der Waals surface area contributed by atoms with Gasteiger partial charge in [0.05, 0.1) is 19.9 Å². The smallest absolute Gasteiger partial charge is 0.354 e. The lowest BCUT2D eigenvalue weighted by Gasteiger charge is -2.21. The van der Waals surface area contributed by atoms with Gasteiger partial charge in [-0.3, -0.25) is 0 Å². The van der Waals surface area contributed by atoms with E-state index in [1.54, 1.807) is 7.11 Å². The Kier molecular flexibility index (Phi) is 3.71. The van der Waals surface area contributed by atoms with Crippen molar-refractivity contribution in [2.75, 3.05) is 20.8 Å². The molecular formula is C13H16N2O4. The van der Waals surface area contributed by atoms with Gasteiger partial charge >= 0.3 is 5.97 Å². The van der Waals surface area contributed by atoms with Gasteiger partial charge in [-0.15, -0.1) is 0 Å². The summed E-state index contributed by atoms with van der Waals surface area (Å²) in [4.78, 5) is 17.0. The Morgan fingerprint density at radius 2 is 2.32 bits per heavy atom. The third-order valence-electron chi connectivity index (χ3n) is 3.07. The van der Waals surface area contributed by atoms with Gasteiger partial charge in [0.25, 0.3) is 5.60 Å². The normalized spacial score (nSPS) is 21.5. The van der Waals surface area contributed by atoms with E-state index in [2.05, 4.69) is 5.16 Å². The van der Waals surface area contributed by atoms with Crippen LogP contribution in [0.2, 0.25) is 0 Å². The minimum atomic E-state index is -1.22. The van der Waals surface area contributed by atoms with Gasteiger partial charge in [0.2, 0.25) is 0 Å². The molecule has 1 aromatic rings. The number of carbonyl (C=O) groups excluding carboxylic acids is 1. The highest BCUT2D eigenvalue weighted by Crippen LogP contribution is 2.28. The molecule has 0 radical (unpaired) electrons. The number of esters is 1. The second-order valence-corrected chi connectivity index (χ2v) is 4.23. The fourth-order valence-electron chi connectivity index (χ4n) is 1.92. The van der Waals surface area contributed by atoms with Crippen molar-refractivity contribution < 1.29 is 19.1 Å². The summed E-state index contributed by atoms with van der Waals surface area (Å²) in [6.07, 6.45) is 0.281. The fourth-order valence-corrected chi connectivity index (χ4v) is 1.92. The molecule has 0 amide bonds. The monoisotopic (exact) mass is 264 g/mol. The number of nitrogens with two attached hydrogens (primary N) is 1. The summed E-state index contributed by atoms with van der Waals surface area (Å²) in [6.45, 7) is 0.0106. The standard InChI is InChI=1S/C13H16N2O4/c1-17-10-5-3-4-9(6-10)11-7-13(8-14,19-15-11)12(16)18-2/h3-6H,7-8,14H2,1-2H3. The van der Waals surface area contributed by atoms with Crippen molar-refractivity contribution in [2.24, 2.45) is 10.9 Å². The van der Waals surface area contributed by atoms with Crippen LogP contribution in [0, 0.1) is 0 Å². The molecule has 1 unspecified atom stereocenters. The highest BCUT2D eigenvalue weighted by Gasteiger charge is 2.47. The number of ether oxygens (including phenoxy) is 2. The zero-order chi connectivity index (χ0) is 13.9. The van der Waals surface area contributed by atoms with Gasteiger partial charge in [0, 0.05) is 18.5 Å². The van der Waals surface area contributed by atoms with Crippen molar-refractivity contribution in [1.82, 2.24) is 0 Å². The maximum absolute atomic E-state index is 11.7. The molecule has 0 fully saturated rings. The molecule has 0 aliphatic carbocycles. The Morgan fingerprint density at radius 1 is 1.53 bits per heavy atom. The number of carbonyl (C=O) groups is 1. The largest absolute Gasteiger partial charge is 0.497 e. The van der Waals surface area contributed by atoms with Crippen LogP contribution < -0.4 is 10.5 Å². The first-order chi connectivity index (χ1) is 9.15. The average Bonchev–Trinajstić information content (AvgIpc) is 2.92. The lowest BCUT2D eigenvalue weighted by Crippen LogP contribution is -2.46. The van der Waals surface area contributed by atoms with E-state index in [0.29, 0.717) is 11.5 Å². The number of methoxy groups -OCH3 is 2. The average molecular weight is 264 g/mol. The Morgan fingerprint density at radius 3 is 2.95 bits per heavy atom. The van der Waals surface area contributed by atoms with Crippen molar-refractivity contribution in [3.63, 3.8) is 0 Å². The molecule has 6 nitrogen and oxygen atoms in total. The third kappa shape index (κ3) is 2.39. The summed E-state index contributed by atoms with van der Waals surface area (Å²) in [5.41, 5.74) is 5.88. The number of rotatable bonds is 4. The van der Waals surface area contributed by atoms with Crippen LogP contribution in [0.5, 0.6) is 5.75 Å². The van der Waals surface area contributed by atoms with Crippen molar-refractivity contribution in [2.45, 2.75) is 12.0 Å². The molecule has 1 aliphatic rings. The molecule has 102 valence electrons. The predicted octanol–water partition coefficient (Wildman–Crippen LogP) is 0.690. The molecule has 1 aromatic carbocycles. The van der Waals surface area contributed by atoms with Gasteiger partial charge in [-0.25, -0.2) is 4.79 Å². The van der Waals surface area contributed by atoms with Gasteiger partial charge in [0.1, 0.15) is 5.75 Å². The first-order valence-electron chi connectivity index (χ1n) is 5.83.